The molecule has 0 aromatic rings. The van der Waals surface area contributed by atoms with Crippen molar-refractivity contribution in [2.24, 2.45) is 11.7 Å². The number of hydrogen-bond acceptors (Lipinski definition) is 3. The molecule has 0 saturated heterocycles. The van der Waals surface area contributed by atoms with Crippen LogP contribution in [0.3, 0.4) is 0 Å². The van der Waals surface area contributed by atoms with Gasteiger partial charge in [-0.25, -0.2) is 0 Å². The summed E-state index contributed by atoms with van der Waals surface area (Å²) in [5.41, 5.74) is 5.77. The molecular formula is C14H24N2O2. The molecule has 1 amide bonds. The van der Waals surface area contributed by atoms with Gasteiger partial charge < -0.3 is 11.1 Å². The Labute approximate surface area is 110 Å². The molecule has 0 heterocycles. The summed E-state index contributed by atoms with van der Waals surface area (Å²) in [5.74, 6) is 2.50. The van der Waals surface area contributed by atoms with Crippen molar-refractivity contribution in [3.05, 3.63) is 0 Å². The van der Waals surface area contributed by atoms with Crippen LogP contribution in [0, 0.1) is 18.3 Å². The van der Waals surface area contributed by atoms with Crippen molar-refractivity contribution in [3.63, 3.8) is 0 Å². The lowest BCUT2D eigenvalue weighted by molar-refractivity contribution is -0.123. The first-order chi connectivity index (χ1) is 8.49. The maximum absolute atomic E-state index is 11.5. The van der Waals surface area contributed by atoms with Gasteiger partial charge in [-0.05, 0) is 19.3 Å². The first-order valence-corrected chi connectivity index (χ1v) is 6.48. The van der Waals surface area contributed by atoms with Crippen LogP contribution in [0.25, 0.3) is 0 Å². The third-order valence-corrected chi connectivity index (χ3v) is 2.69. The number of unbranched alkanes of at least 4 members (excludes halogenated alkanes) is 1. The fraction of sp³-hybridized carbons (Fsp3) is 0.714. The number of carbonyl (C=O) groups is 2. The zero-order chi connectivity index (χ0) is 14.0. The highest BCUT2D eigenvalue weighted by Gasteiger charge is 2.15. The van der Waals surface area contributed by atoms with Crippen LogP contribution in [0.2, 0.25) is 0 Å². The number of terminal acetylenes is 1. The molecule has 102 valence electrons. The van der Waals surface area contributed by atoms with Crippen LogP contribution in [0.1, 0.15) is 46.0 Å². The van der Waals surface area contributed by atoms with E-state index < -0.39 is 0 Å². The molecule has 18 heavy (non-hydrogen) atoms. The van der Waals surface area contributed by atoms with Gasteiger partial charge >= 0.3 is 0 Å². The fourth-order valence-corrected chi connectivity index (χ4v) is 1.56. The van der Waals surface area contributed by atoms with E-state index in [1.807, 2.05) is 13.8 Å². The molecule has 4 nitrogen and oxygen atoms in total. The van der Waals surface area contributed by atoms with Crippen molar-refractivity contribution in [2.45, 2.75) is 52.0 Å². The summed E-state index contributed by atoms with van der Waals surface area (Å²) >= 11 is 0. The SMILES string of the molecule is C#CCCC(=O)NCCCCC(N)C(=O)C(C)C. The molecule has 1 atom stereocenters. The number of Topliss-reactive ketones (excluding diaryl/α,β-unsaturated/α-hetero) is 1. The van der Waals surface area contributed by atoms with E-state index in [1.165, 1.54) is 0 Å². The summed E-state index contributed by atoms with van der Waals surface area (Å²) in [7, 11) is 0. The fourth-order valence-electron chi connectivity index (χ4n) is 1.56. The average molecular weight is 252 g/mol. The number of hydrogen-bond donors (Lipinski definition) is 2. The van der Waals surface area contributed by atoms with Crippen LogP contribution in [0.4, 0.5) is 0 Å². The van der Waals surface area contributed by atoms with Gasteiger partial charge in [0.15, 0.2) is 5.78 Å². The van der Waals surface area contributed by atoms with Crippen molar-refractivity contribution in [1.82, 2.24) is 5.32 Å². The van der Waals surface area contributed by atoms with E-state index in [0.29, 0.717) is 25.8 Å². The molecule has 0 aliphatic rings. The van der Waals surface area contributed by atoms with Gasteiger partial charge in [-0.1, -0.05) is 13.8 Å². The van der Waals surface area contributed by atoms with Crippen LogP contribution >= 0.6 is 0 Å². The van der Waals surface area contributed by atoms with Crippen LogP contribution in [0.5, 0.6) is 0 Å². The van der Waals surface area contributed by atoms with Crippen LogP contribution in [-0.4, -0.2) is 24.3 Å². The van der Waals surface area contributed by atoms with Gasteiger partial charge in [-0.15, -0.1) is 12.3 Å². The minimum atomic E-state index is -0.373. The summed E-state index contributed by atoms with van der Waals surface area (Å²) in [6.45, 7) is 4.33. The minimum Gasteiger partial charge on any atom is -0.356 e. The second-order valence-electron chi connectivity index (χ2n) is 4.71. The van der Waals surface area contributed by atoms with E-state index in [4.69, 9.17) is 12.2 Å². The Bertz CT molecular complexity index is 305. The van der Waals surface area contributed by atoms with Gasteiger partial charge in [0.25, 0.3) is 0 Å². The van der Waals surface area contributed by atoms with E-state index in [2.05, 4.69) is 11.2 Å². The van der Waals surface area contributed by atoms with Crippen LogP contribution in [-0.2, 0) is 9.59 Å². The Balaban J connectivity index is 3.54. The summed E-state index contributed by atoms with van der Waals surface area (Å²) in [4.78, 5) is 22.7. The lowest BCUT2D eigenvalue weighted by Gasteiger charge is -2.12. The first-order valence-electron chi connectivity index (χ1n) is 6.48. The Hall–Kier alpha value is -1.34. The number of ketones is 1. The summed E-state index contributed by atoms with van der Waals surface area (Å²) in [5, 5.41) is 2.78. The smallest absolute Gasteiger partial charge is 0.220 e. The Kier molecular flexibility index (Phi) is 8.95. The van der Waals surface area contributed by atoms with E-state index >= 15 is 0 Å². The molecule has 4 heteroatoms. The number of nitrogens with two attached hydrogens (primary N) is 1. The topological polar surface area (TPSA) is 72.2 Å². The lowest BCUT2D eigenvalue weighted by atomic mass is 9.98. The van der Waals surface area contributed by atoms with Gasteiger partial charge in [0.05, 0.1) is 6.04 Å². The minimum absolute atomic E-state index is 0.0107. The van der Waals surface area contributed by atoms with Gasteiger partial charge in [0, 0.05) is 25.3 Å². The van der Waals surface area contributed by atoms with Gasteiger partial charge in [-0.3, -0.25) is 9.59 Å². The van der Waals surface area contributed by atoms with Gasteiger partial charge in [0.2, 0.25) is 5.91 Å². The molecule has 0 radical (unpaired) electrons. The highest BCUT2D eigenvalue weighted by Crippen LogP contribution is 2.05. The molecule has 0 rings (SSSR count). The van der Waals surface area contributed by atoms with Gasteiger partial charge in [-0.2, -0.15) is 0 Å². The molecule has 0 saturated carbocycles. The second-order valence-corrected chi connectivity index (χ2v) is 4.71. The number of carbonyl (C=O) groups excluding carboxylic acids is 2. The van der Waals surface area contributed by atoms with Crippen molar-refractivity contribution in [2.75, 3.05) is 6.54 Å². The van der Waals surface area contributed by atoms with Crippen molar-refractivity contribution in [1.29, 1.82) is 0 Å². The maximum atomic E-state index is 11.5. The zero-order valence-electron chi connectivity index (χ0n) is 11.4. The summed E-state index contributed by atoms with van der Waals surface area (Å²) in [6, 6.07) is -0.373. The standard InChI is InChI=1S/C14H24N2O2/c1-4-5-9-13(17)16-10-7-6-8-12(15)14(18)11(2)3/h1,11-12H,5-10,15H2,2-3H3,(H,16,17). The molecule has 0 aliphatic heterocycles. The molecule has 0 aromatic carbocycles. The normalized spacial score (nSPS) is 11.9. The quantitative estimate of drug-likeness (QED) is 0.479. The van der Waals surface area contributed by atoms with E-state index in [-0.39, 0.29) is 23.7 Å². The lowest BCUT2D eigenvalue weighted by Crippen LogP contribution is -2.33. The van der Waals surface area contributed by atoms with Crippen LogP contribution < -0.4 is 11.1 Å². The predicted octanol–water partition coefficient (Wildman–Crippen LogP) is 1.24. The molecule has 0 spiro atoms. The molecule has 1 unspecified atom stereocenters. The van der Waals surface area contributed by atoms with Crippen LogP contribution in [0.15, 0.2) is 0 Å². The third-order valence-electron chi connectivity index (χ3n) is 2.69. The predicted molar refractivity (Wildman–Crippen MR) is 72.7 cm³/mol. The summed E-state index contributed by atoms with van der Waals surface area (Å²) in [6.07, 6.45) is 8.27. The van der Waals surface area contributed by atoms with Gasteiger partial charge in [0.1, 0.15) is 0 Å². The highest BCUT2D eigenvalue weighted by molar-refractivity contribution is 5.85. The zero-order valence-corrected chi connectivity index (χ0v) is 11.4. The van der Waals surface area contributed by atoms with E-state index in [1.54, 1.807) is 0 Å². The first kappa shape index (κ1) is 16.7. The largest absolute Gasteiger partial charge is 0.356 e. The summed E-state index contributed by atoms with van der Waals surface area (Å²) < 4.78 is 0. The third kappa shape index (κ3) is 7.86. The van der Waals surface area contributed by atoms with Crippen molar-refractivity contribution in [3.8, 4) is 12.3 Å². The second kappa shape index (κ2) is 9.67. The molecule has 0 aromatic heterocycles. The Morgan fingerprint density at radius 1 is 1.33 bits per heavy atom. The van der Waals surface area contributed by atoms with Crippen molar-refractivity contribution < 1.29 is 9.59 Å². The Morgan fingerprint density at radius 2 is 2.00 bits per heavy atom. The van der Waals surface area contributed by atoms with E-state index in [9.17, 15) is 9.59 Å². The molecule has 0 bridgehead atoms. The average Bonchev–Trinajstić information content (AvgIpc) is 2.34. The monoisotopic (exact) mass is 252 g/mol. The molecular weight excluding hydrogens is 228 g/mol. The number of amides is 1. The molecule has 0 aliphatic carbocycles. The number of rotatable bonds is 9. The highest BCUT2D eigenvalue weighted by atomic mass is 16.1. The maximum Gasteiger partial charge on any atom is 0.220 e. The molecule has 3 N–H and O–H groups in total. The Morgan fingerprint density at radius 3 is 2.56 bits per heavy atom. The van der Waals surface area contributed by atoms with E-state index in [0.717, 1.165) is 12.8 Å². The van der Waals surface area contributed by atoms with Crippen molar-refractivity contribution >= 4 is 11.7 Å². The molecule has 0 fully saturated rings. The number of nitrogens with one attached hydrogen (secondary N) is 1.